The minimum atomic E-state index is 1.14. The van der Waals surface area contributed by atoms with Crippen LogP contribution in [-0.4, -0.2) is 0 Å². The van der Waals surface area contributed by atoms with Gasteiger partial charge in [-0.15, -0.1) is 11.3 Å². The molecule has 1 heterocycles. The highest BCUT2D eigenvalue weighted by molar-refractivity contribution is 7.25. The van der Waals surface area contributed by atoms with E-state index in [1.165, 1.54) is 52.8 Å². The zero-order valence-corrected chi connectivity index (χ0v) is 22.6. The van der Waals surface area contributed by atoms with Crippen LogP contribution in [0.4, 0.5) is 17.1 Å². The van der Waals surface area contributed by atoms with Gasteiger partial charge in [0.15, 0.2) is 0 Å². The molecule has 0 atom stereocenters. The van der Waals surface area contributed by atoms with E-state index in [0.717, 1.165) is 17.1 Å². The van der Waals surface area contributed by atoms with Crippen LogP contribution >= 0.6 is 11.3 Å². The summed E-state index contributed by atoms with van der Waals surface area (Å²) in [6.07, 6.45) is 0. The molecule has 0 saturated carbocycles. The zero-order chi connectivity index (χ0) is 26.5. The van der Waals surface area contributed by atoms with Crippen LogP contribution in [0.5, 0.6) is 0 Å². The molecule has 0 aliphatic heterocycles. The molecular weight excluding hydrogens is 502 g/mol. The van der Waals surface area contributed by atoms with Gasteiger partial charge in [0.25, 0.3) is 0 Å². The van der Waals surface area contributed by atoms with Gasteiger partial charge in [0.2, 0.25) is 0 Å². The Morgan fingerprint density at radius 3 is 1.88 bits per heavy atom. The smallest absolute Gasteiger partial charge is 0.0468 e. The van der Waals surface area contributed by atoms with E-state index in [2.05, 4.69) is 157 Å². The number of hydrogen-bond acceptors (Lipinski definition) is 2. The second kappa shape index (κ2) is 9.37. The first kappa shape index (κ1) is 23.0. The molecule has 8 aromatic rings. The van der Waals surface area contributed by atoms with Crippen molar-refractivity contribution in [2.75, 3.05) is 4.90 Å². The first-order valence-electron chi connectivity index (χ1n) is 13.6. The van der Waals surface area contributed by atoms with Crippen molar-refractivity contribution >= 4 is 70.1 Å². The molecule has 0 radical (unpaired) electrons. The highest BCUT2D eigenvalue weighted by Crippen LogP contribution is 2.40. The summed E-state index contributed by atoms with van der Waals surface area (Å²) < 4.78 is 2.68. The molecule has 40 heavy (non-hydrogen) atoms. The maximum absolute atomic E-state index is 2.36. The summed E-state index contributed by atoms with van der Waals surface area (Å²) in [4.78, 5) is 2.35. The Balaban J connectivity index is 1.24. The summed E-state index contributed by atoms with van der Waals surface area (Å²) in [6, 6.07) is 55.0. The lowest BCUT2D eigenvalue weighted by Crippen LogP contribution is -2.09. The van der Waals surface area contributed by atoms with Gasteiger partial charge in [-0.25, -0.2) is 0 Å². The molecule has 0 unspecified atom stereocenters. The van der Waals surface area contributed by atoms with Crippen LogP contribution in [0.1, 0.15) is 0 Å². The lowest BCUT2D eigenvalue weighted by molar-refractivity contribution is 1.29. The molecule has 0 aliphatic rings. The standard InChI is InChI=1S/C38H25NS/c1-2-10-32(11-3-1)39(33-19-16-27(17-20-33)29-15-14-26-8-4-5-9-28(26)22-29)34-21-18-30-25-38-36(24-31(30)23-34)35-12-6-7-13-37(35)40-38/h1-25H. The van der Waals surface area contributed by atoms with E-state index in [1.807, 2.05) is 11.3 Å². The number of hydrogen-bond donors (Lipinski definition) is 0. The molecule has 0 amide bonds. The Kier molecular flexibility index (Phi) is 5.39. The van der Waals surface area contributed by atoms with Gasteiger partial charge in [-0.2, -0.15) is 0 Å². The molecule has 0 bridgehead atoms. The van der Waals surface area contributed by atoms with Gasteiger partial charge in [0.1, 0.15) is 0 Å². The molecule has 0 spiro atoms. The second-order valence-electron chi connectivity index (χ2n) is 10.3. The zero-order valence-electron chi connectivity index (χ0n) is 21.8. The Morgan fingerprint density at radius 1 is 0.350 bits per heavy atom. The third-order valence-corrected chi connectivity index (χ3v) is 8.93. The number of anilines is 3. The van der Waals surface area contributed by atoms with Gasteiger partial charge in [0.05, 0.1) is 0 Å². The molecule has 7 aromatic carbocycles. The second-order valence-corrected chi connectivity index (χ2v) is 11.3. The van der Waals surface area contributed by atoms with Crippen molar-refractivity contribution in [1.82, 2.24) is 0 Å². The predicted molar refractivity (Wildman–Crippen MR) is 174 cm³/mol. The Hall–Kier alpha value is -4.92. The molecule has 188 valence electrons. The lowest BCUT2D eigenvalue weighted by atomic mass is 10.0. The Labute approximate surface area is 237 Å². The van der Waals surface area contributed by atoms with Crippen LogP contribution in [0.2, 0.25) is 0 Å². The molecule has 8 rings (SSSR count). The third kappa shape index (κ3) is 3.93. The summed E-state index contributed by atoms with van der Waals surface area (Å²) in [5, 5.41) is 7.71. The van der Waals surface area contributed by atoms with Gasteiger partial charge >= 0.3 is 0 Å². The minimum absolute atomic E-state index is 1.14. The number of thiophene rings is 1. The summed E-state index contributed by atoms with van der Waals surface area (Å²) in [5.41, 5.74) is 5.87. The topological polar surface area (TPSA) is 3.24 Å². The van der Waals surface area contributed by atoms with E-state index in [0.29, 0.717) is 0 Å². The summed E-state index contributed by atoms with van der Waals surface area (Å²) >= 11 is 1.87. The highest BCUT2D eigenvalue weighted by atomic mass is 32.1. The summed E-state index contributed by atoms with van der Waals surface area (Å²) in [6.45, 7) is 0. The average molecular weight is 528 g/mol. The number of nitrogens with zero attached hydrogens (tertiary/aromatic N) is 1. The molecular formula is C38H25NS. The van der Waals surface area contributed by atoms with E-state index in [1.54, 1.807) is 0 Å². The van der Waals surface area contributed by atoms with Crippen molar-refractivity contribution in [3.8, 4) is 11.1 Å². The van der Waals surface area contributed by atoms with Crippen molar-refractivity contribution in [3.63, 3.8) is 0 Å². The van der Waals surface area contributed by atoms with Crippen molar-refractivity contribution < 1.29 is 0 Å². The normalized spacial score (nSPS) is 11.5. The molecule has 2 heteroatoms. The largest absolute Gasteiger partial charge is 0.310 e. The highest BCUT2D eigenvalue weighted by Gasteiger charge is 2.14. The number of rotatable bonds is 4. The first-order valence-corrected chi connectivity index (χ1v) is 14.4. The van der Waals surface area contributed by atoms with Crippen molar-refractivity contribution in [2.45, 2.75) is 0 Å². The molecule has 0 aliphatic carbocycles. The maximum Gasteiger partial charge on any atom is 0.0468 e. The van der Waals surface area contributed by atoms with Crippen LogP contribution in [-0.2, 0) is 0 Å². The van der Waals surface area contributed by atoms with E-state index in [-0.39, 0.29) is 0 Å². The van der Waals surface area contributed by atoms with Gasteiger partial charge in [-0.1, -0.05) is 91.0 Å². The summed E-state index contributed by atoms with van der Waals surface area (Å²) in [5.74, 6) is 0. The maximum atomic E-state index is 2.36. The fourth-order valence-corrected chi connectivity index (χ4v) is 6.93. The quantitative estimate of drug-likeness (QED) is 0.220. The molecule has 0 fully saturated rings. The van der Waals surface area contributed by atoms with Crippen molar-refractivity contribution in [3.05, 3.63) is 152 Å². The van der Waals surface area contributed by atoms with Crippen LogP contribution in [0, 0.1) is 0 Å². The Morgan fingerprint density at radius 2 is 1.00 bits per heavy atom. The van der Waals surface area contributed by atoms with Crippen LogP contribution < -0.4 is 4.90 Å². The number of para-hydroxylation sites is 1. The lowest BCUT2D eigenvalue weighted by Gasteiger charge is -2.26. The summed E-state index contributed by atoms with van der Waals surface area (Å²) in [7, 11) is 0. The monoisotopic (exact) mass is 527 g/mol. The van der Waals surface area contributed by atoms with Crippen molar-refractivity contribution in [2.24, 2.45) is 0 Å². The van der Waals surface area contributed by atoms with Crippen molar-refractivity contribution in [1.29, 1.82) is 0 Å². The molecule has 1 nitrogen and oxygen atoms in total. The number of benzene rings is 7. The van der Waals surface area contributed by atoms with Gasteiger partial charge in [0, 0.05) is 37.2 Å². The van der Waals surface area contributed by atoms with E-state index in [4.69, 9.17) is 0 Å². The van der Waals surface area contributed by atoms with Crippen LogP contribution in [0.25, 0.3) is 52.8 Å². The third-order valence-electron chi connectivity index (χ3n) is 7.80. The van der Waals surface area contributed by atoms with Crippen LogP contribution in [0.3, 0.4) is 0 Å². The van der Waals surface area contributed by atoms with Gasteiger partial charge < -0.3 is 4.90 Å². The van der Waals surface area contributed by atoms with E-state index >= 15 is 0 Å². The SMILES string of the molecule is c1ccc(N(c2ccc(-c3ccc4ccccc4c3)cc2)c2ccc3cc4sc5ccccc5c4cc3c2)cc1. The minimum Gasteiger partial charge on any atom is -0.310 e. The van der Waals surface area contributed by atoms with Crippen LogP contribution in [0.15, 0.2) is 152 Å². The molecule has 1 aromatic heterocycles. The average Bonchev–Trinajstić information content (AvgIpc) is 3.38. The first-order chi connectivity index (χ1) is 19.8. The molecule has 0 saturated heterocycles. The van der Waals surface area contributed by atoms with E-state index < -0.39 is 0 Å². The fraction of sp³-hybridized carbons (Fsp3) is 0. The number of fused-ring (bicyclic) bond motifs is 5. The van der Waals surface area contributed by atoms with E-state index in [9.17, 15) is 0 Å². The Bertz CT molecular complexity index is 2160. The fourth-order valence-electron chi connectivity index (χ4n) is 5.79. The predicted octanol–water partition coefficient (Wildman–Crippen LogP) is 11.5. The van der Waals surface area contributed by atoms with Gasteiger partial charge in [-0.3, -0.25) is 0 Å². The van der Waals surface area contributed by atoms with Gasteiger partial charge in [-0.05, 0) is 93.3 Å². The molecule has 0 N–H and O–H groups in total.